The molecule has 1 aliphatic heterocycles. The predicted octanol–water partition coefficient (Wildman–Crippen LogP) is 4.19. The standard InChI is InChI=1S/C13H18OS2/c1-9-6-11-12(10(2)8-14-11)13(7-9)15-4-3-5-16-13/h8-9H,3-7H2,1-2H3. The highest BCUT2D eigenvalue weighted by molar-refractivity contribution is 8.18. The van der Waals surface area contributed by atoms with Crippen LogP contribution < -0.4 is 0 Å². The second-order valence-corrected chi connectivity index (χ2v) is 8.08. The summed E-state index contributed by atoms with van der Waals surface area (Å²) in [6.45, 7) is 4.56. The lowest BCUT2D eigenvalue weighted by Gasteiger charge is -2.41. The summed E-state index contributed by atoms with van der Waals surface area (Å²) in [6.07, 6.45) is 5.76. The number of hydrogen-bond donors (Lipinski definition) is 0. The molecular weight excluding hydrogens is 236 g/mol. The van der Waals surface area contributed by atoms with Gasteiger partial charge in [0.15, 0.2) is 0 Å². The molecule has 2 aliphatic rings. The molecule has 16 heavy (non-hydrogen) atoms. The molecule has 1 nitrogen and oxygen atoms in total. The first-order valence-electron chi connectivity index (χ1n) is 6.07. The van der Waals surface area contributed by atoms with Gasteiger partial charge in [0.2, 0.25) is 0 Å². The van der Waals surface area contributed by atoms with Crippen molar-refractivity contribution in [3.05, 3.63) is 23.2 Å². The van der Waals surface area contributed by atoms with Gasteiger partial charge >= 0.3 is 0 Å². The summed E-state index contributed by atoms with van der Waals surface area (Å²) in [5, 5.41) is 0. The Hall–Kier alpha value is -0.0200. The van der Waals surface area contributed by atoms with E-state index in [-0.39, 0.29) is 0 Å². The molecule has 2 heterocycles. The lowest BCUT2D eigenvalue weighted by Crippen LogP contribution is -2.31. The zero-order valence-corrected chi connectivity index (χ0v) is 11.5. The van der Waals surface area contributed by atoms with Crippen LogP contribution in [0, 0.1) is 12.8 Å². The topological polar surface area (TPSA) is 13.1 Å². The van der Waals surface area contributed by atoms with E-state index in [2.05, 4.69) is 37.4 Å². The second kappa shape index (κ2) is 4.02. The fourth-order valence-electron chi connectivity index (χ4n) is 2.95. The molecule has 0 saturated carbocycles. The van der Waals surface area contributed by atoms with Gasteiger partial charge in [0, 0.05) is 12.0 Å². The molecule has 1 atom stereocenters. The molecule has 1 spiro atoms. The van der Waals surface area contributed by atoms with E-state index in [0.29, 0.717) is 4.08 Å². The SMILES string of the molecule is Cc1coc2c1C1(CC(C)C2)SCCCS1. The summed E-state index contributed by atoms with van der Waals surface area (Å²) < 4.78 is 6.08. The van der Waals surface area contributed by atoms with E-state index in [1.165, 1.54) is 41.2 Å². The van der Waals surface area contributed by atoms with Crippen LogP contribution in [0.15, 0.2) is 10.7 Å². The highest BCUT2D eigenvalue weighted by Crippen LogP contribution is 2.58. The first kappa shape index (κ1) is 11.1. The van der Waals surface area contributed by atoms with Gasteiger partial charge in [0.05, 0.1) is 10.3 Å². The zero-order chi connectivity index (χ0) is 11.2. The van der Waals surface area contributed by atoms with Crippen molar-refractivity contribution in [1.82, 2.24) is 0 Å². The number of hydrogen-bond acceptors (Lipinski definition) is 3. The monoisotopic (exact) mass is 254 g/mol. The minimum absolute atomic E-state index is 0.322. The Kier molecular flexibility index (Phi) is 2.79. The van der Waals surface area contributed by atoms with Crippen LogP contribution in [-0.2, 0) is 10.5 Å². The molecule has 0 aromatic carbocycles. The van der Waals surface area contributed by atoms with Gasteiger partial charge in [-0.2, -0.15) is 0 Å². The van der Waals surface area contributed by atoms with E-state index in [4.69, 9.17) is 4.42 Å². The first-order valence-corrected chi connectivity index (χ1v) is 8.04. The fraction of sp³-hybridized carbons (Fsp3) is 0.692. The molecule has 1 saturated heterocycles. The Balaban J connectivity index is 2.07. The molecule has 3 rings (SSSR count). The minimum Gasteiger partial charge on any atom is -0.469 e. The molecule has 0 radical (unpaired) electrons. The first-order chi connectivity index (χ1) is 7.71. The Morgan fingerprint density at radius 3 is 2.88 bits per heavy atom. The van der Waals surface area contributed by atoms with Crippen LogP contribution in [0.4, 0.5) is 0 Å². The third-order valence-corrected chi connectivity index (χ3v) is 6.91. The third-order valence-electron chi connectivity index (χ3n) is 3.54. The van der Waals surface area contributed by atoms with Crippen molar-refractivity contribution in [2.45, 2.75) is 37.2 Å². The number of furan rings is 1. The number of thioether (sulfide) groups is 2. The number of fused-ring (bicyclic) bond motifs is 2. The molecule has 1 fully saturated rings. The lowest BCUT2D eigenvalue weighted by atomic mass is 9.87. The largest absolute Gasteiger partial charge is 0.469 e. The van der Waals surface area contributed by atoms with Crippen LogP contribution in [0.5, 0.6) is 0 Å². The maximum Gasteiger partial charge on any atom is 0.109 e. The van der Waals surface area contributed by atoms with Crippen LogP contribution in [0.1, 0.15) is 36.7 Å². The highest BCUT2D eigenvalue weighted by Gasteiger charge is 2.44. The highest BCUT2D eigenvalue weighted by atomic mass is 32.2. The molecule has 0 bridgehead atoms. The summed E-state index contributed by atoms with van der Waals surface area (Å²) >= 11 is 4.31. The van der Waals surface area contributed by atoms with Gasteiger partial charge in [0.25, 0.3) is 0 Å². The smallest absolute Gasteiger partial charge is 0.109 e. The summed E-state index contributed by atoms with van der Waals surface area (Å²) in [5.74, 6) is 4.64. The van der Waals surface area contributed by atoms with Crippen LogP contribution >= 0.6 is 23.5 Å². The van der Waals surface area contributed by atoms with Crippen LogP contribution in [0.3, 0.4) is 0 Å². The van der Waals surface area contributed by atoms with Crippen molar-refractivity contribution < 1.29 is 4.42 Å². The van der Waals surface area contributed by atoms with E-state index < -0.39 is 0 Å². The quantitative estimate of drug-likeness (QED) is 0.689. The number of rotatable bonds is 0. The van der Waals surface area contributed by atoms with E-state index in [9.17, 15) is 0 Å². The number of aryl methyl sites for hydroxylation is 1. The van der Waals surface area contributed by atoms with E-state index in [1.54, 1.807) is 0 Å². The molecule has 0 amide bonds. The molecule has 88 valence electrons. The van der Waals surface area contributed by atoms with Crippen LogP contribution in [0.2, 0.25) is 0 Å². The summed E-state index contributed by atoms with van der Waals surface area (Å²) in [6, 6.07) is 0. The Bertz CT molecular complexity index is 391. The molecule has 3 heteroatoms. The second-order valence-electron chi connectivity index (χ2n) is 5.03. The van der Waals surface area contributed by atoms with Crippen molar-refractivity contribution in [2.75, 3.05) is 11.5 Å². The summed E-state index contributed by atoms with van der Waals surface area (Å²) in [7, 11) is 0. The van der Waals surface area contributed by atoms with Crippen molar-refractivity contribution in [1.29, 1.82) is 0 Å². The normalized spacial score (nSPS) is 28.0. The zero-order valence-electron chi connectivity index (χ0n) is 9.91. The van der Waals surface area contributed by atoms with E-state index in [0.717, 1.165) is 12.3 Å². The lowest BCUT2D eigenvalue weighted by molar-refractivity contribution is 0.399. The van der Waals surface area contributed by atoms with Gasteiger partial charge in [-0.1, -0.05) is 6.92 Å². The van der Waals surface area contributed by atoms with E-state index >= 15 is 0 Å². The van der Waals surface area contributed by atoms with Crippen molar-refractivity contribution in [3.63, 3.8) is 0 Å². The van der Waals surface area contributed by atoms with Crippen molar-refractivity contribution in [2.24, 2.45) is 5.92 Å². The van der Waals surface area contributed by atoms with Gasteiger partial charge < -0.3 is 4.42 Å². The predicted molar refractivity (Wildman–Crippen MR) is 72.1 cm³/mol. The molecule has 0 N–H and O–H groups in total. The molecule has 1 aromatic rings. The van der Waals surface area contributed by atoms with Gasteiger partial charge in [0.1, 0.15) is 5.76 Å². The fourth-order valence-corrected chi connectivity index (χ4v) is 6.84. The summed E-state index contributed by atoms with van der Waals surface area (Å²) in [4.78, 5) is 0. The Labute approximate surface area is 106 Å². The van der Waals surface area contributed by atoms with Gasteiger partial charge in [-0.15, -0.1) is 23.5 Å². The molecular formula is C13H18OS2. The van der Waals surface area contributed by atoms with Crippen molar-refractivity contribution in [3.8, 4) is 0 Å². The average Bonchev–Trinajstić information content (AvgIpc) is 2.61. The third kappa shape index (κ3) is 1.63. The maximum atomic E-state index is 5.76. The van der Waals surface area contributed by atoms with Gasteiger partial charge in [-0.3, -0.25) is 0 Å². The maximum absolute atomic E-state index is 5.76. The van der Waals surface area contributed by atoms with Gasteiger partial charge in [-0.25, -0.2) is 0 Å². The van der Waals surface area contributed by atoms with Crippen LogP contribution in [-0.4, -0.2) is 11.5 Å². The van der Waals surface area contributed by atoms with Gasteiger partial charge in [-0.05, 0) is 42.8 Å². The van der Waals surface area contributed by atoms with Crippen LogP contribution in [0.25, 0.3) is 0 Å². The molecule has 1 aromatic heterocycles. The molecule has 1 aliphatic carbocycles. The van der Waals surface area contributed by atoms with Crippen molar-refractivity contribution >= 4 is 23.5 Å². The average molecular weight is 254 g/mol. The Morgan fingerprint density at radius 2 is 2.12 bits per heavy atom. The Morgan fingerprint density at radius 1 is 1.38 bits per heavy atom. The minimum atomic E-state index is 0.322. The molecule has 1 unspecified atom stereocenters. The van der Waals surface area contributed by atoms with E-state index in [1.807, 2.05) is 6.26 Å². The summed E-state index contributed by atoms with van der Waals surface area (Å²) in [5.41, 5.74) is 2.89.